The topological polar surface area (TPSA) is 326 Å². The number of aromatic nitrogens is 1. The molecule has 5 atom stereocenters. The fourth-order valence-electron chi connectivity index (χ4n) is 10.9. The van der Waals surface area contributed by atoms with Crippen LogP contribution in [0.25, 0.3) is 10.9 Å². The number of hydrogen-bond acceptors (Lipinski definition) is 19. The second-order valence-corrected chi connectivity index (χ2v) is 28.1. The number of fused-ring (bicyclic) bond motifs is 14. The van der Waals surface area contributed by atoms with Crippen molar-refractivity contribution >= 4 is 97.7 Å². The average Bonchev–Trinajstić information content (AvgIpc) is 1.56. The van der Waals surface area contributed by atoms with Crippen LogP contribution in [0.5, 0.6) is 5.75 Å². The molecule has 0 spiro atoms. The van der Waals surface area contributed by atoms with Gasteiger partial charge in [-0.2, -0.15) is 5.26 Å². The summed E-state index contributed by atoms with van der Waals surface area (Å²) in [5, 5.41) is 42.0. The summed E-state index contributed by atoms with van der Waals surface area (Å²) in [5.41, 5.74) is 0.912. The van der Waals surface area contributed by atoms with Crippen LogP contribution in [-0.4, -0.2) is 239 Å². The molecule has 4 aliphatic rings. The molecular formula is C57H77FGaN11O14Si-. The van der Waals surface area contributed by atoms with Gasteiger partial charge >= 0.3 is 17.9 Å². The number of amides is 5. The minimum Gasteiger partial charge on any atom is -0.549 e. The molecule has 4 saturated heterocycles. The number of rotatable bonds is 21. The van der Waals surface area contributed by atoms with Gasteiger partial charge in [-0.3, -0.25) is 53.4 Å². The second-order valence-electron chi connectivity index (χ2n) is 23.2. The molecule has 4 fully saturated rings. The number of ether oxygens (including phenoxy) is 1. The first-order chi connectivity index (χ1) is 39.8. The van der Waals surface area contributed by atoms with Gasteiger partial charge in [0.1, 0.15) is 37.0 Å². The summed E-state index contributed by atoms with van der Waals surface area (Å²) in [7, 11) is -3.67. The molecule has 5 heterocycles. The summed E-state index contributed by atoms with van der Waals surface area (Å²) >= 11 is 0. The zero-order valence-corrected chi connectivity index (χ0v) is 52.5. The number of likely N-dealkylation sites (tertiary alicyclic amines) is 1. The molecule has 5 amide bonds. The van der Waals surface area contributed by atoms with Crippen LogP contribution in [0.4, 0.5) is 4.11 Å². The van der Waals surface area contributed by atoms with Gasteiger partial charge < -0.3 is 50.0 Å². The largest absolute Gasteiger partial charge is 0.549 e. The minimum atomic E-state index is -3.67. The molecule has 0 saturated carbocycles. The van der Waals surface area contributed by atoms with Gasteiger partial charge in [-0.05, 0) is 77.3 Å². The third kappa shape index (κ3) is 19.2. The Bertz CT molecular complexity index is 2880. The number of carboxylic acids is 2. The third-order valence-electron chi connectivity index (χ3n) is 15.2. The molecule has 2 aromatic carbocycles. The molecule has 2 bridgehead atoms. The van der Waals surface area contributed by atoms with Gasteiger partial charge in [-0.1, -0.05) is 53.7 Å². The smallest absolute Gasteiger partial charge is 0.369 e. The van der Waals surface area contributed by atoms with E-state index in [4.69, 9.17) is 14.5 Å². The van der Waals surface area contributed by atoms with Gasteiger partial charge in [0, 0.05) is 122 Å². The van der Waals surface area contributed by atoms with Crippen molar-refractivity contribution < 1.29 is 72.0 Å². The molecule has 1 aromatic heterocycles. The molecular weight excluding hydrogens is 1180 g/mol. The van der Waals surface area contributed by atoms with Crippen LogP contribution in [0.3, 0.4) is 0 Å². The monoisotopic (exact) mass is 1260 g/mol. The van der Waals surface area contributed by atoms with Gasteiger partial charge in [-0.25, -0.2) is 19.4 Å². The van der Waals surface area contributed by atoms with E-state index >= 15 is 4.11 Å². The maximum atomic E-state index is 17.1. The Morgan fingerprint density at radius 3 is 2.06 bits per heavy atom. The van der Waals surface area contributed by atoms with Crippen LogP contribution in [-0.2, 0) is 43.3 Å². The number of nitrogens with zero attached hydrogens (tertiary/aromatic N) is 7. The number of carbonyl (C=O) groups is 9. The first kappa shape index (κ1) is 68.8. The maximum Gasteiger partial charge on any atom is 0.369 e. The van der Waals surface area contributed by atoms with Crippen LogP contribution >= 0.6 is 0 Å². The standard InChI is InChI=1S/C57H78FN11O14Si.Ga/c1-56(2,3)84(58,57(4,5)6)41-13-10-38(11-14-41)52(76)62-33-45(54(78)61-19-8-30-81-40-12-15-44-43(31-40)42(18-20-60-44)53(77)63-34-48(71)69-21-7-9-39(69)32-59)64-47(70)17-16-46(55(79)80)68-28-26-66-24-22-65(35-49(72)73)23-25-67(27-29-68)37-51(75)83-82-50(74)36-66;/h10-15,18,20,31,39,45-46H,7-9,16-17,19,21-30,33-37H2,1-6H3,(H,61,78)(H,62,76)(H,63,77)(H,64,70)(H,72,73)(H,79,80);/p-1/t39-,45+,46+;/m0./s1. The van der Waals surface area contributed by atoms with Crippen molar-refractivity contribution in [3.8, 4) is 11.8 Å². The number of aliphatic carboxylic acids is 2. The fraction of sp³-hybridized carbons (Fsp3) is 0.561. The van der Waals surface area contributed by atoms with Gasteiger partial charge in [0.05, 0.1) is 36.3 Å². The van der Waals surface area contributed by atoms with E-state index in [1.165, 1.54) is 29.3 Å². The summed E-state index contributed by atoms with van der Waals surface area (Å²) in [6, 6.07) is 11.7. The Morgan fingerprint density at radius 1 is 0.847 bits per heavy atom. The average molecular weight is 1260 g/mol. The van der Waals surface area contributed by atoms with Crippen LogP contribution in [0.1, 0.15) is 94.4 Å². The van der Waals surface area contributed by atoms with Crippen molar-refractivity contribution in [3.05, 3.63) is 65.9 Å². The SMILES string of the molecule is CC(C)(C)[Si](F)(c1ccc(C(=O)NC[C@@H](NC(=O)CC[C@H](C(=O)O)N2CCN3CCN(CC(=O)[O-])CCN(CC2)CC(=O)OOC(=O)C3)C(=O)NCCCOc2ccc3nccc(C(=O)NCC(=O)N4CCC[C@H]4C#N)c3c2)cc1)C(C)(C)C.[Ga]. The van der Waals surface area contributed by atoms with E-state index in [1.54, 1.807) is 49.9 Å². The molecule has 0 aliphatic carbocycles. The summed E-state index contributed by atoms with van der Waals surface area (Å²) in [6.07, 6.45) is 2.35. The number of nitriles is 1. The predicted octanol–water partition coefficient (Wildman–Crippen LogP) is -0.160. The van der Waals surface area contributed by atoms with Crippen LogP contribution < -0.4 is 36.3 Å². The molecule has 459 valence electrons. The van der Waals surface area contributed by atoms with E-state index in [9.17, 15) is 58.6 Å². The number of carboxylic acid groups (broad SMARTS) is 2. The van der Waals surface area contributed by atoms with Crippen molar-refractivity contribution in [2.45, 2.75) is 102 Å². The summed E-state index contributed by atoms with van der Waals surface area (Å²) < 4.78 is 23.1. The number of benzene rings is 2. The summed E-state index contributed by atoms with van der Waals surface area (Å²) in [4.78, 5) is 139. The molecule has 25 nitrogen and oxygen atoms in total. The third-order valence-corrected chi connectivity index (χ3v) is 20.5. The van der Waals surface area contributed by atoms with Gasteiger partial charge in [-0.15, -0.1) is 0 Å². The van der Waals surface area contributed by atoms with E-state index in [2.05, 4.69) is 32.3 Å². The molecule has 28 heteroatoms. The van der Waals surface area contributed by atoms with Crippen LogP contribution in [0.2, 0.25) is 10.1 Å². The van der Waals surface area contributed by atoms with E-state index in [1.807, 2.05) is 41.5 Å². The first-order valence-electron chi connectivity index (χ1n) is 28.2. The molecule has 7 rings (SSSR count). The van der Waals surface area contributed by atoms with E-state index < -0.39 is 104 Å². The van der Waals surface area contributed by atoms with E-state index in [-0.39, 0.29) is 135 Å². The number of pyridine rings is 1. The first-order valence-corrected chi connectivity index (χ1v) is 30.0. The molecule has 3 radical (unpaired) electrons. The Labute approximate surface area is 507 Å². The van der Waals surface area contributed by atoms with Gasteiger partial charge in [0.15, 0.2) is 0 Å². The van der Waals surface area contributed by atoms with Crippen LogP contribution in [0.15, 0.2) is 54.7 Å². The van der Waals surface area contributed by atoms with E-state index in [0.29, 0.717) is 41.2 Å². The number of nitrogens with one attached hydrogen (secondary N) is 4. The maximum absolute atomic E-state index is 17.1. The number of carbonyl (C=O) groups excluding carboxylic acids is 8. The number of halogens is 1. The van der Waals surface area contributed by atoms with Crippen molar-refractivity contribution in [1.29, 1.82) is 5.26 Å². The Balaban J connectivity index is 0.0000132. The second kappa shape index (κ2) is 31.4. The molecule has 2 unspecified atom stereocenters. The zero-order valence-electron chi connectivity index (χ0n) is 49.1. The van der Waals surface area contributed by atoms with Crippen LogP contribution in [0, 0.1) is 11.3 Å². The minimum absolute atomic E-state index is 0. The fourth-order valence-corrected chi connectivity index (χ4v) is 15.5. The number of hydrogen-bond donors (Lipinski definition) is 5. The van der Waals surface area contributed by atoms with Gasteiger partial charge in [0.2, 0.25) is 17.7 Å². The van der Waals surface area contributed by atoms with Crippen molar-refractivity contribution in [3.63, 3.8) is 0 Å². The molecule has 3 aromatic rings. The zero-order chi connectivity index (χ0) is 61.4. The summed E-state index contributed by atoms with van der Waals surface area (Å²) in [5.74, 6) is -6.91. The van der Waals surface area contributed by atoms with Gasteiger partial charge in [0.25, 0.3) is 20.2 Å². The Morgan fingerprint density at radius 2 is 1.47 bits per heavy atom. The summed E-state index contributed by atoms with van der Waals surface area (Å²) in [6.45, 7) is 10.9. The van der Waals surface area contributed by atoms with Crippen molar-refractivity contribution in [2.75, 3.05) is 105 Å². The van der Waals surface area contributed by atoms with Crippen molar-refractivity contribution in [2.24, 2.45) is 0 Å². The van der Waals surface area contributed by atoms with Crippen molar-refractivity contribution in [1.82, 2.24) is 50.8 Å². The normalized spacial score (nSPS) is 19.2. The quantitative estimate of drug-likeness (QED) is 0.0400. The Hall–Kier alpha value is -7.01. The molecule has 5 N–H and O–H groups in total. The predicted molar refractivity (Wildman–Crippen MR) is 309 cm³/mol. The molecule has 85 heavy (non-hydrogen) atoms. The Kier molecular flexibility index (Phi) is 25.4. The van der Waals surface area contributed by atoms with E-state index in [0.717, 1.165) is 0 Å². The molecule has 4 aliphatic heterocycles.